The van der Waals surface area contributed by atoms with E-state index in [2.05, 4.69) is 0 Å². The third-order valence-corrected chi connectivity index (χ3v) is 3.51. The average Bonchev–Trinajstić information content (AvgIpc) is 2.46. The largest absolute Gasteiger partial charge is 0.392 e. The van der Waals surface area contributed by atoms with Crippen molar-refractivity contribution in [1.82, 2.24) is 0 Å². The maximum absolute atomic E-state index is 13.9. The number of hydrogen-bond donors (Lipinski definition) is 1. The molecule has 2 rings (SSSR count). The fourth-order valence-corrected chi connectivity index (χ4v) is 1.63. The Morgan fingerprint density at radius 1 is 1.05 bits per heavy atom. The van der Waals surface area contributed by atoms with E-state index in [-0.39, 0.29) is 5.56 Å². The van der Waals surface area contributed by atoms with Crippen LogP contribution in [-0.2, 0) is 16.3 Å². The van der Waals surface area contributed by atoms with E-state index < -0.39 is 35.1 Å². The highest BCUT2D eigenvalue weighted by molar-refractivity contribution is 5.47. The lowest BCUT2D eigenvalue weighted by Crippen LogP contribution is -2.41. The van der Waals surface area contributed by atoms with E-state index in [0.717, 1.165) is 17.4 Å². The molecule has 0 spiro atoms. The minimum Gasteiger partial charge on any atom is -0.392 e. The van der Waals surface area contributed by atoms with Gasteiger partial charge in [-0.2, -0.15) is 0 Å². The molecule has 1 aromatic rings. The molecule has 19 heavy (non-hydrogen) atoms. The summed E-state index contributed by atoms with van der Waals surface area (Å²) in [5.41, 5.74) is -1.74. The molecule has 1 saturated heterocycles. The fourth-order valence-electron chi connectivity index (χ4n) is 1.63. The van der Waals surface area contributed by atoms with Gasteiger partial charge in [0.25, 0.3) is 0 Å². The van der Waals surface area contributed by atoms with Crippen molar-refractivity contribution < 1.29 is 23.6 Å². The minimum absolute atomic E-state index is 0.150. The van der Waals surface area contributed by atoms with Crippen molar-refractivity contribution >= 4 is 5.69 Å². The van der Waals surface area contributed by atoms with Crippen LogP contribution in [0.2, 0.25) is 0 Å². The summed E-state index contributed by atoms with van der Waals surface area (Å²) in [6, 6.07) is 2.09. The molecule has 0 aromatic heterocycles. The Labute approximate surface area is 110 Å². The second-order valence-electron chi connectivity index (χ2n) is 5.53. The number of nitrogens with zero attached hydrogens (tertiary/aromatic N) is 1. The molecule has 0 unspecified atom stereocenters. The predicted molar refractivity (Wildman–Crippen MR) is 65.1 cm³/mol. The van der Waals surface area contributed by atoms with Crippen LogP contribution in [0.4, 0.5) is 14.5 Å². The van der Waals surface area contributed by atoms with E-state index in [1.807, 2.05) is 0 Å². The smallest absolute Gasteiger partial charge is 0.166 e. The highest BCUT2D eigenvalue weighted by atomic mass is 19.1. The number of aliphatic hydroxyl groups excluding tert-OH is 1. The molecule has 1 aliphatic heterocycles. The van der Waals surface area contributed by atoms with Crippen molar-refractivity contribution in [3.63, 3.8) is 0 Å². The van der Waals surface area contributed by atoms with Crippen LogP contribution in [-0.4, -0.2) is 16.3 Å². The van der Waals surface area contributed by atoms with E-state index >= 15 is 0 Å². The van der Waals surface area contributed by atoms with E-state index in [9.17, 15) is 8.78 Å². The molecule has 6 heteroatoms. The van der Waals surface area contributed by atoms with Crippen molar-refractivity contribution in [2.75, 3.05) is 5.23 Å². The lowest BCUT2D eigenvalue weighted by Gasteiger charge is -2.26. The summed E-state index contributed by atoms with van der Waals surface area (Å²) in [5.74, 6) is -1.70. The normalized spacial score (nSPS) is 20.9. The molecule has 0 atom stereocenters. The van der Waals surface area contributed by atoms with Crippen molar-refractivity contribution in [2.45, 2.75) is 45.5 Å². The lowest BCUT2D eigenvalue weighted by molar-refractivity contribution is -0.0302. The summed E-state index contributed by atoms with van der Waals surface area (Å²) in [6.45, 7) is 6.64. The Morgan fingerprint density at radius 2 is 1.47 bits per heavy atom. The topological polar surface area (TPSA) is 41.9 Å². The first kappa shape index (κ1) is 14.2. The monoisotopic (exact) mass is 273 g/mol. The molecule has 0 amide bonds. The third-order valence-electron chi connectivity index (χ3n) is 3.51. The van der Waals surface area contributed by atoms with Gasteiger partial charge in [-0.05, 0) is 45.4 Å². The first-order valence-electron chi connectivity index (χ1n) is 5.95. The van der Waals surface area contributed by atoms with Crippen LogP contribution >= 0.6 is 0 Å². The number of rotatable bonds is 2. The van der Waals surface area contributed by atoms with Gasteiger partial charge in [-0.15, -0.1) is 5.23 Å². The number of benzene rings is 1. The molecular weight excluding hydrogens is 256 g/mol. The third kappa shape index (κ3) is 2.31. The predicted octanol–water partition coefficient (Wildman–Crippen LogP) is 2.70. The van der Waals surface area contributed by atoms with Gasteiger partial charge < -0.3 is 5.11 Å². The molecule has 0 radical (unpaired) electrons. The number of anilines is 1. The van der Waals surface area contributed by atoms with Gasteiger partial charge in [0.2, 0.25) is 0 Å². The summed E-state index contributed by atoms with van der Waals surface area (Å²) >= 11 is 0. The minimum atomic E-state index is -0.849. The van der Waals surface area contributed by atoms with Gasteiger partial charge in [-0.1, -0.05) is 0 Å². The zero-order valence-electron chi connectivity index (χ0n) is 11.3. The van der Waals surface area contributed by atoms with E-state index in [1.165, 1.54) is 0 Å². The van der Waals surface area contributed by atoms with E-state index in [4.69, 9.17) is 14.8 Å². The van der Waals surface area contributed by atoms with Crippen LogP contribution < -0.4 is 5.23 Å². The van der Waals surface area contributed by atoms with Crippen LogP contribution in [0.25, 0.3) is 0 Å². The Morgan fingerprint density at radius 3 is 1.84 bits per heavy atom. The number of aliphatic hydroxyl groups is 1. The van der Waals surface area contributed by atoms with Crippen molar-refractivity contribution in [3.8, 4) is 0 Å². The van der Waals surface area contributed by atoms with Gasteiger partial charge in [-0.3, -0.25) is 0 Å². The van der Waals surface area contributed by atoms with E-state index in [1.54, 1.807) is 27.7 Å². The van der Waals surface area contributed by atoms with Gasteiger partial charge in [0.15, 0.2) is 17.3 Å². The zero-order chi connectivity index (χ0) is 14.4. The maximum Gasteiger partial charge on any atom is 0.166 e. The Balaban J connectivity index is 2.40. The Bertz CT molecular complexity index is 464. The molecule has 1 aromatic carbocycles. The quantitative estimate of drug-likeness (QED) is 0.899. The van der Waals surface area contributed by atoms with Gasteiger partial charge in [0.1, 0.15) is 11.2 Å². The number of halogens is 2. The molecule has 0 saturated carbocycles. The standard InChI is InChI=1S/C13H17F2NO3/c1-12(2)13(3,4)19-16(18-12)11-9(14)5-8(7-17)6-10(11)15/h5-6,17H,7H2,1-4H3. The zero-order valence-corrected chi connectivity index (χ0v) is 11.3. The SMILES string of the molecule is CC1(C)ON(c2c(F)cc(CO)cc2F)OC1(C)C. The van der Waals surface area contributed by atoms with Crippen LogP contribution in [0.1, 0.15) is 33.3 Å². The molecule has 106 valence electrons. The van der Waals surface area contributed by atoms with E-state index in [0.29, 0.717) is 0 Å². The van der Waals surface area contributed by atoms with Gasteiger partial charge >= 0.3 is 0 Å². The molecule has 1 aliphatic rings. The number of hydrogen-bond acceptors (Lipinski definition) is 4. The Hall–Kier alpha value is -1.24. The van der Waals surface area contributed by atoms with Crippen LogP contribution in [0.5, 0.6) is 0 Å². The molecule has 4 nitrogen and oxygen atoms in total. The summed E-state index contributed by atoms with van der Waals surface area (Å²) in [4.78, 5) is 10.9. The van der Waals surface area contributed by atoms with Crippen molar-refractivity contribution in [2.24, 2.45) is 0 Å². The summed E-state index contributed by atoms with van der Waals surface area (Å²) in [6.07, 6.45) is 0. The first-order chi connectivity index (χ1) is 8.68. The van der Waals surface area contributed by atoms with Crippen molar-refractivity contribution in [3.05, 3.63) is 29.3 Å². The van der Waals surface area contributed by atoms with Crippen molar-refractivity contribution in [1.29, 1.82) is 0 Å². The average molecular weight is 273 g/mol. The molecular formula is C13H17F2NO3. The van der Waals surface area contributed by atoms with Gasteiger partial charge in [0, 0.05) is 0 Å². The summed E-state index contributed by atoms with van der Waals surface area (Å²) in [7, 11) is 0. The lowest BCUT2D eigenvalue weighted by atomic mass is 9.90. The molecule has 1 fully saturated rings. The summed E-state index contributed by atoms with van der Waals surface area (Å²) in [5, 5.41) is 9.67. The summed E-state index contributed by atoms with van der Waals surface area (Å²) < 4.78 is 27.8. The molecule has 1 N–H and O–H groups in total. The van der Waals surface area contributed by atoms with Gasteiger partial charge in [0.05, 0.1) is 6.61 Å². The second-order valence-corrected chi connectivity index (χ2v) is 5.53. The maximum atomic E-state index is 13.9. The van der Waals surface area contributed by atoms with Crippen LogP contribution in [0.15, 0.2) is 12.1 Å². The first-order valence-corrected chi connectivity index (χ1v) is 5.95. The highest BCUT2D eigenvalue weighted by Gasteiger charge is 2.51. The van der Waals surface area contributed by atoms with Gasteiger partial charge in [-0.25, -0.2) is 18.5 Å². The Kier molecular flexibility index (Phi) is 3.28. The second kappa shape index (κ2) is 4.40. The molecule has 0 bridgehead atoms. The van der Waals surface area contributed by atoms with Crippen LogP contribution in [0, 0.1) is 11.6 Å². The highest BCUT2D eigenvalue weighted by Crippen LogP contribution is 2.41. The fraction of sp³-hybridized carbons (Fsp3) is 0.538. The molecule has 0 aliphatic carbocycles. The molecule has 1 heterocycles. The van der Waals surface area contributed by atoms with Crippen LogP contribution in [0.3, 0.4) is 0 Å².